The number of aldehydes is 1. The van der Waals surface area contributed by atoms with E-state index in [1.807, 2.05) is 26.0 Å². The van der Waals surface area contributed by atoms with Gasteiger partial charge in [0.1, 0.15) is 11.7 Å². The lowest BCUT2D eigenvalue weighted by Crippen LogP contribution is -2.65. The second kappa shape index (κ2) is 5.33. The molecule has 0 atom stereocenters. The predicted molar refractivity (Wildman–Crippen MR) is 87.9 cm³/mol. The van der Waals surface area contributed by atoms with Gasteiger partial charge in [0.25, 0.3) is 0 Å². The van der Waals surface area contributed by atoms with Crippen LogP contribution in [0.25, 0.3) is 0 Å². The number of carbonyl (C=O) groups excluding carboxylic acids is 2. The Morgan fingerprint density at radius 3 is 2.61 bits per heavy atom. The molecule has 1 N–H and O–H groups in total. The van der Waals surface area contributed by atoms with Crippen LogP contribution in [0.2, 0.25) is 0 Å². The van der Waals surface area contributed by atoms with Crippen molar-refractivity contribution in [3.8, 4) is 0 Å². The summed E-state index contributed by atoms with van der Waals surface area (Å²) in [6.07, 6.45) is -0.328. The van der Waals surface area contributed by atoms with Gasteiger partial charge in [0.05, 0.1) is 6.54 Å². The molecule has 1 spiro atoms. The van der Waals surface area contributed by atoms with Crippen molar-refractivity contribution in [2.45, 2.75) is 25.2 Å². The van der Waals surface area contributed by atoms with Gasteiger partial charge in [-0.1, -0.05) is 29.8 Å². The molecular formula is C16H17BrN2O4. The van der Waals surface area contributed by atoms with Crippen LogP contribution in [-0.2, 0) is 15.0 Å². The van der Waals surface area contributed by atoms with E-state index in [1.54, 1.807) is 0 Å². The normalized spacial score (nSPS) is 18.3. The summed E-state index contributed by atoms with van der Waals surface area (Å²) in [6.45, 7) is 4.34. The fraction of sp³-hybridized carbons (Fsp3) is 0.438. The molecule has 0 unspecified atom stereocenters. The van der Waals surface area contributed by atoms with Gasteiger partial charge >= 0.3 is 6.09 Å². The van der Waals surface area contributed by atoms with Crippen molar-refractivity contribution in [3.63, 3.8) is 0 Å². The van der Waals surface area contributed by atoms with Gasteiger partial charge in [0.15, 0.2) is 0 Å². The second-order valence-corrected chi connectivity index (χ2v) is 7.17. The molecule has 3 rings (SSSR count). The van der Waals surface area contributed by atoms with Crippen LogP contribution in [0.3, 0.4) is 0 Å². The van der Waals surface area contributed by atoms with Crippen LogP contribution in [0.15, 0.2) is 16.6 Å². The number of likely N-dealkylation sites (tertiary alicyclic amines) is 1. The molecule has 0 aromatic heterocycles. The van der Waals surface area contributed by atoms with Crippen molar-refractivity contribution in [3.05, 3.63) is 27.7 Å². The van der Waals surface area contributed by atoms with E-state index in [0.717, 1.165) is 21.3 Å². The van der Waals surface area contributed by atoms with Crippen molar-refractivity contribution in [2.24, 2.45) is 0 Å². The van der Waals surface area contributed by atoms with Crippen molar-refractivity contribution in [2.75, 3.05) is 24.5 Å². The number of fused-ring (bicyclic) bond motifs is 2. The topological polar surface area (TPSA) is 77.9 Å². The lowest BCUT2D eigenvalue weighted by atomic mass is 9.71. The molecule has 2 aliphatic rings. The molecule has 0 saturated carbocycles. The lowest BCUT2D eigenvalue weighted by molar-refractivity contribution is -0.128. The van der Waals surface area contributed by atoms with E-state index in [9.17, 15) is 14.4 Å². The van der Waals surface area contributed by atoms with E-state index in [4.69, 9.17) is 5.11 Å². The van der Waals surface area contributed by atoms with E-state index in [1.165, 1.54) is 9.80 Å². The van der Waals surface area contributed by atoms with Crippen LogP contribution in [0.1, 0.15) is 30.9 Å². The first kappa shape index (κ1) is 16.0. The molecule has 1 aromatic carbocycles. The summed E-state index contributed by atoms with van der Waals surface area (Å²) >= 11 is 3.55. The van der Waals surface area contributed by atoms with Gasteiger partial charge in [-0.15, -0.1) is 0 Å². The zero-order chi connectivity index (χ0) is 16.9. The average Bonchev–Trinajstić information content (AvgIpc) is 2.66. The van der Waals surface area contributed by atoms with Crippen molar-refractivity contribution in [1.29, 1.82) is 0 Å². The Balaban J connectivity index is 2.19. The Morgan fingerprint density at radius 2 is 2.09 bits per heavy atom. The molecule has 2 aliphatic heterocycles. The van der Waals surface area contributed by atoms with E-state index >= 15 is 0 Å². The predicted octanol–water partition coefficient (Wildman–Crippen LogP) is 2.35. The standard InChI is InChI=1S/C16H17BrN2O4/c1-9(2)12-10(17)3-4-11-13(12)16(7-18(8-16)15(22)23)14(21)19(11)5-6-20/h3-4,6,9H,5,7-8H2,1-2H3,(H,22,23). The van der Waals surface area contributed by atoms with Crippen molar-refractivity contribution >= 4 is 39.9 Å². The largest absolute Gasteiger partial charge is 0.465 e. The molecule has 1 aromatic rings. The van der Waals surface area contributed by atoms with Crippen LogP contribution < -0.4 is 4.90 Å². The van der Waals surface area contributed by atoms with Gasteiger partial charge in [-0.05, 0) is 29.2 Å². The highest BCUT2D eigenvalue weighted by atomic mass is 79.9. The molecule has 7 heteroatoms. The quantitative estimate of drug-likeness (QED) is 0.816. The Labute approximate surface area is 142 Å². The third kappa shape index (κ3) is 2.09. The zero-order valence-electron chi connectivity index (χ0n) is 12.9. The molecule has 0 radical (unpaired) electrons. The minimum absolute atomic E-state index is 0.0141. The number of carbonyl (C=O) groups is 3. The first-order valence-electron chi connectivity index (χ1n) is 7.40. The van der Waals surface area contributed by atoms with Crippen molar-refractivity contribution in [1.82, 2.24) is 4.90 Å². The van der Waals surface area contributed by atoms with E-state index < -0.39 is 11.5 Å². The Bertz CT molecular complexity index is 710. The smallest absolute Gasteiger partial charge is 0.407 e. The maximum absolute atomic E-state index is 12.9. The molecule has 1 saturated heterocycles. The highest BCUT2D eigenvalue weighted by molar-refractivity contribution is 9.10. The van der Waals surface area contributed by atoms with E-state index in [-0.39, 0.29) is 31.5 Å². The number of anilines is 1. The number of carboxylic acid groups (broad SMARTS) is 1. The summed E-state index contributed by atoms with van der Waals surface area (Å²) in [5.74, 6) is -0.0174. The SMILES string of the molecule is CC(C)c1c(Br)ccc2c1C1(CN(C(=O)O)C1)C(=O)N2CC=O. The number of benzene rings is 1. The summed E-state index contributed by atoms with van der Waals surface area (Å²) < 4.78 is 0.903. The zero-order valence-corrected chi connectivity index (χ0v) is 14.5. The molecule has 2 heterocycles. The minimum Gasteiger partial charge on any atom is -0.465 e. The average molecular weight is 381 g/mol. The van der Waals surface area contributed by atoms with Crippen molar-refractivity contribution < 1.29 is 19.5 Å². The van der Waals surface area contributed by atoms with Gasteiger partial charge in [0, 0.05) is 23.2 Å². The van der Waals surface area contributed by atoms with Crippen LogP contribution in [0, 0.1) is 0 Å². The summed E-state index contributed by atoms with van der Waals surface area (Å²) in [5, 5.41) is 9.15. The van der Waals surface area contributed by atoms with Crippen LogP contribution >= 0.6 is 15.9 Å². The van der Waals surface area contributed by atoms with Gasteiger partial charge in [-0.2, -0.15) is 0 Å². The van der Waals surface area contributed by atoms with E-state index in [0.29, 0.717) is 6.29 Å². The molecule has 0 aliphatic carbocycles. The summed E-state index contributed by atoms with van der Waals surface area (Å²) in [4.78, 5) is 37.8. The summed E-state index contributed by atoms with van der Waals surface area (Å²) in [6, 6.07) is 3.71. The first-order chi connectivity index (χ1) is 10.8. The van der Waals surface area contributed by atoms with Crippen LogP contribution in [0.4, 0.5) is 10.5 Å². The number of hydrogen-bond acceptors (Lipinski definition) is 3. The number of hydrogen-bond donors (Lipinski definition) is 1. The second-order valence-electron chi connectivity index (χ2n) is 6.31. The monoisotopic (exact) mass is 380 g/mol. The van der Waals surface area contributed by atoms with Gasteiger partial charge in [0.2, 0.25) is 5.91 Å². The summed E-state index contributed by atoms with van der Waals surface area (Å²) in [5.41, 5.74) is 1.74. The number of halogens is 1. The summed E-state index contributed by atoms with van der Waals surface area (Å²) in [7, 11) is 0. The number of rotatable bonds is 3. The molecular weight excluding hydrogens is 364 g/mol. The fourth-order valence-electron chi connectivity index (χ4n) is 3.64. The van der Waals surface area contributed by atoms with Crippen LogP contribution in [0.5, 0.6) is 0 Å². The number of nitrogens with zero attached hydrogens (tertiary/aromatic N) is 2. The lowest BCUT2D eigenvalue weighted by Gasteiger charge is -2.46. The van der Waals surface area contributed by atoms with Crippen LogP contribution in [-0.4, -0.2) is 47.9 Å². The maximum atomic E-state index is 12.9. The fourth-order valence-corrected chi connectivity index (χ4v) is 4.43. The van der Waals surface area contributed by atoms with Gasteiger partial charge in [-0.3, -0.25) is 4.79 Å². The third-order valence-corrected chi connectivity index (χ3v) is 5.31. The molecule has 23 heavy (non-hydrogen) atoms. The van der Waals surface area contributed by atoms with Gasteiger partial charge in [-0.25, -0.2) is 4.79 Å². The minimum atomic E-state index is -1.03. The highest BCUT2D eigenvalue weighted by Crippen LogP contribution is 2.51. The first-order valence-corrected chi connectivity index (χ1v) is 8.19. The number of amides is 2. The Morgan fingerprint density at radius 1 is 1.43 bits per heavy atom. The third-order valence-electron chi connectivity index (χ3n) is 4.62. The Kier molecular flexibility index (Phi) is 3.71. The maximum Gasteiger partial charge on any atom is 0.407 e. The molecule has 122 valence electrons. The molecule has 1 fully saturated rings. The van der Waals surface area contributed by atoms with E-state index in [2.05, 4.69) is 15.9 Å². The highest BCUT2D eigenvalue weighted by Gasteiger charge is 2.60. The molecule has 2 amide bonds. The van der Waals surface area contributed by atoms with Gasteiger partial charge < -0.3 is 19.7 Å². The molecule has 0 bridgehead atoms. The molecule has 6 nitrogen and oxygen atoms in total. The Hall–Kier alpha value is -1.89.